The average molecular weight is 366 g/mol. The summed E-state index contributed by atoms with van der Waals surface area (Å²) < 4.78 is 5.41. The minimum absolute atomic E-state index is 0.0627. The predicted molar refractivity (Wildman–Crippen MR) is 102 cm³/mol. The van der Waals surface area contributed by atoms with Gasteiger partial charge in [0, 0.05) is 55.9 Å². The standard InChI is InChI=1S/C21H26N4O2/c1-2-27-14-15-3-5-16(6-4-15)21(26)25-10-8-19-18(13-25)12-23-20(24-19)17-7-9-22-11-17/h3-6,12,17,22H,2,7-11,13-14H2,1H3/t17-/m0/s1. The molecular weight excluding hydrogens is 340 g/mol. The fourth-order valence-corrected chi connectivity index (χ4v) is 3.72. The number of nitrogens with one attached hydrogen (secondary N) is 1. The molecule has 3 heterocycles. The fourth-order valence-electron chi connectivity index (χ4n) is 3.72. The molecule has 6 heteroatoms. The highest BCUT2D eigenvalue weighted by Gasteiger charge is 2.25. The number of carbonyl (C=O) groups is 1. The number of rotatable bonds is 5. The van der Waals surface area contributed by atoms with Crippen LogP contribution in [0.3, 0.4) is 0 Å². The van der Waals surface area contributed by atoms with E-state index in [-0.39, 0.29) is 5.91 Å². The first kappa shape index (κ1) is 18.1. The molecule has 0 radical (unpaired) electrons. The molecule has 27 heavy (non-hydrogen) atoms. The molecule has 0 spiro atoms. The van der Waals surface area contributed by atoms with Crippen molar-refractivity contribution in [3.8, 4) is 0 Å². The summed E-state index contributed by atoms with van der Waals surface area (Å²) in [6.45, 7) is 6.53. The molecule has 142 valence electrons. The van der Waals surface area contributed by atoms with E-state index < -0.39 is 0 Å². The van der Waals surface area contributed by atoms with Crippen LogP contribution < -0.4 is 5.32 Å². The van der Waals surface area contributed by atoms with Gasteiger partial charge in [-0.15, -0.1) is 0 Å². The molecule has 4 rings (SSSR count). The zero-order valence-electron chi connectivity index (χ0n) is 15.8. The van der Waals surface area contributed by atoms with Gasteiger partial charge in [0.25, 0.3) is 5.91 Å². The lowest BCUT2D eigenvalue weighted by Crippen LogP contribution is -2.36. The molecule has 1 saturated heterocycles. The van der Waals surface area contributed by atoms with Crippen molar-refractivity contribution in [1.29, 1.82) is 0 Å². The first-order chi connectivity index (χ1) is 13.2. The second kappa shape index (κ2) is 8.15. The van der Waals surface area contributed by atoms with E-state index in [1.54, 1.807) is 0 Å². The first-order valence-corrected chi connectivity index (χ1v) is 9.76. The van der Waals surface area contributed by atoms with E-state index in [0.29, 0.717) is 37.8 Å². The Morgan fingerprint density at radius 1 is 1.33 bits per heavy atom. The molecule has 1 atom stereocenters. The monoisotopic (exact) mass is 366 g/mol. The Kier molecular flexibility index (Phi) is 5.45. The molecular formula is C21H26N4O2. The SMILES string of the molecule is CCOCc1ccc(C(=O)N2CCc3nc([C@H]4CCNC4)ncc3C2)cc1. The highest BCUT2D eigenvalue weighted by Crippen LogP contribution is 2.23. The molecule has 2 aliphatic rings. The van der Waals surface area contributed by atoms with E-state index in [1.165, 1.54) is 0 Å². The van der Waals surface area contributed by atoms with E-state index >= 15 is 0 Å². The van der Waals surface area contributed by atoms with E-state index in [4.69, 9.17) is 9.72 Å². The first-order valence-electron chi connectivity index (χ1n) is 9.76. The topological polar surface area (TPSA) is 67.3 Å². The van der Waals surface area contributed by atoms with Gasteiger partial charge in [0.1, 0.15) is 5.82 Å². The molecule has 1 amide bonds. The van der Waals surface area contributed by atoms with Crippen molar-refractivity contribution in [2.75, 3.05) is 26.2 Å². The molecule has 0 aliphatic carbocycles. The number of hydrogen-bond donors (Lipinski definition) is 1. The minimum atomic E-state index is 0.0627. The third-order valence-electron chi connectivity index (χ3n) is 5.34. The quantitative estimate of drug-likeness (QED) is 0.879. The van der Waals surface area contributed by atoms with E-state index in [1.807, 2.05) is 42.3 Å². The van der Waals surface area contributed by atoms with Crippen molar-refractivity contribution in [1.82, 2.24) is 20.2 Å². The number of hydrogen-bond acceptors (Lipinski definition) is 5. The van der Waals surface area contributed by atoms with Crippen LogP contribution in [-0.4, -0.2) is 47.0 Å². The maximum atomic E-state index is 12.9. The van der Waals surface area contributed by atoms with Gasteiger partial charge in [-0.25, -0.2) is 9.97 Å². The third-order valence-corrected chi connectivity index (χ3v) is 5.34. The van der Waals surface area contributed by atoms with Gasteiger partial charge in [0.05, 0.1) is 12.3 Å². The maximum Gasteiger partial charge on any atom is 0.254 e. The summed E-state index contributed by atoms with van der Waals surface area (Å²) in [6.07, 6.45) is 3.81. The summed E-state index contributed by atoms with van der Waals surface area (Å²) in [6, 6.07) is 7.70. The summed E-state index contributed by atoms with van der Waals surface area (Å²) >= 11 is 0. The molecule has 0 unspecified atom stereocenters. The van der Waals surface area contributed by atoms with Crippen LogP contribution in [0.1, 0.15) is 52.3 Å². The summed E-state index contributed by atoms with van der Waals surface area (Å²) in [4.78, 5) is 24.1. The molecule has 2 aliphatic heterocycles. The number of amides is 1. The van der Waals surface area contributed by atoms with Crippen LogP contribution in [0.2, 0.25) is 0 Å². The molecule has 0 saturated carbocycles. The van der Waals surface area contributed by atoms with Crippen molar-refractivity contribution in [2.24, 2.45) is 0 Å². The summed E-state index contributed by atoms with van der Waals surface area (Å²) in [5.41, 5.74) is 3.97. The third kappa shape index (κ3) is 4.01. The van der Waals surface area contributed by atoms with Gasteiger partial charge < -0.3 is 15.0 Å². The summed E-state index contributed by atoms with van der Waals surface area (Å²) in [5, 5.41) is 3.37. The average Bonchev–Trinajstić information content (AvgIpc) is 3.26. The molecule has 6 nitrogen and oxygen atoms in total. The Labute approximate surface area is 160 Å². The van der Waals surface area contributed by atoms with Gasteiger partial charge in [0.2, 0.25) is 0 Å². The number of carbonyl (C=O) groups excluding carboxylic acids is 1. The number of aromatic nitrogens is 2. The number of fused-ring (bicyclic) bond motifs is 1. The van der Waals surface area contributed by atoms with E-state index in [0.717, 1.165) is 48.6 Å². The zero-order valence-corrected chi connectivity index (χ0v) is 15.8. The van der Waals surface area contributed by atoms with Crippen molar-refractivity contribution in [2.45, 2.75) is 38.8 Å². The van der Waals surface area contributed by atoms with Gasteiger partial charge >= 0.3 is 0 Å². The van der Waals surface area contributed by atoms with Crippen molar-refractivity contribution in [3.63, 3.8) is 0 Å². The van der Waals surface area contributed by atoms with Crippen molar-refractivity contribution in [3.05, 3.63) is 58.7 Å². The Bertz CT molecular complexity index is 800. The zero-order chi connectivity index (χ0) is 18.6. The summed E-state index contributed by atoms with van der Waals surface area (Å²) in [7, 11) is 0. The van der Waals surface area contributed by atoms with Crippen molar-refractivity contribution >= 4 is 5.91 Å². The lowest BCUT2D eigenvalue weighted by atomic mass is 10.0. The Hall–Kier alpha value is -2.31. The van der Waals surface area contributed by atoms with Crippen LogP contribution in [0.15, 0.2) is 30.5 Å². The van der Waals surface area contributed by atoms with Gasteiger partial charge in [0.15, 0.2) is 0 Å². The van der Waals surface area contributed by atoms with Crippen LogP contribution in [0, 0.1) is 0 Å². The Morgan fingerprint density at radius 3 is 2.93 bits per heavy atom. The van der Waals surface area contributed by atoms with Crippen LogP contribution in [0.4, 0.5) is 0 Å². The number of benzene rings is 1. The second-order valence-corrected chi connectivity index (χ2v) is 7.20. The smallest absolute Gasteiger partial charge is 0.254 e. The fraction of sp³-hybridized carbons (Fsp3) is 0.476. The Balaban J connectivity index is 1.43. The molecule has 1 N–H and O–H groups in total. The molecule has 1 aromatic carbocycles. The normalized spacial score (nSPS) is 19.1. The molecule has 1 aromatic heterocycles. The van der Waals surface area contributed by atoms with Crippen LogP contribution in [0.5, 0.6) is 0 Å². The Morgan fingerprint density at radius 2 is 2.19 bits per heavy atom. The molecule has 2 aromatic rings. The van der Waals surface area contributed by atoms with Gasteiger partial charge in [-0.1, -0.05) is 12.1 Å². The molecule has 0 bridgehead atoms. The second-order valence-electron chi connectivity index (χ2n) is 7.20. The van der Waals surface area contributed by atoms with Gasteiger partial charge in [-0.3, -0.25) is 4.79 Å². The predicted octanol–water partition coefficient (Wildman–Crippen LogP) is 2.29. The summed E-state index contributed by atoms with van der Waals surface area (Å²) in [5.74, 6) is 1.43. The highest BCUT2D eigenvalue weighted by atomic mass is 16.5. The number of ether oxygens (including phenoxy) is 1. The van der Waals surface area contributed by atoms with Crippen LogP contribution in [-0.2, 0) is 24.3 Å². The van der Waals surface area contributed by atoms with E-state index in [2.05, 4.69) is 10.3 Å². The van der Waals surface area contributed by atoms with Gasteiger partial charge in [-0.05, 0) is 37.6 Å². The lowest BCUT2D eigenvalue weighted by Gasteiger charge is -2.28. The van der Waals surface area contributed by atoms with Crippen molar-refractivity contribution < 1.29 is 9.53 Å². The highest BCUT2D eigenvalue weighted by molar-refractivity contribution is 5.94. The minimum Gasteiger partial charge on any atom is -0.377 e. The lowest BCUT2D eigenvalue weighted by molar-refractivity contribution is 0.0733. The van der Waals surface area contributed by atoms with Crippen LogP contribution >= 0.6 is 0 Å². The maximum absolute atomic E-state index is 12.9. The van der Waals surface area contributed by atoms with Gasteiger partial charge in [-0.2, -0.15) is 0 Å². The number of nitrogens with zero attached hydrogens (tertiary/aromatic N) is 3. The molecule has 1 fully saturated rings. The largest absolute Gasteiger partial charge is 0.377 e. The van der Waals surface area contributed by atoms with E-state index in [9.17, 15) is 4.79 Å². The van der Waals surface area contributed by atoms with Crippen LogP contribution in [0.25, 0.3) is 0 Å².